The fraction of sp³-hybridized carbons (Fsp3) is 0.167. The Kier molecular flexibility index (Phi) is 4.93. The minimum atomic E-state index is -3.91. The second-order valence-corrected chi connectivity index (χ2v) is 7.85. The van der Waals surface area contributed by atoms with E-state index in [9.17, 15) is 8.42 Å². The first-order valence-electron chi connectivity index (χ1n) is 7.71. The van der Waals surface area contributed by atoms with E-state index in [4.69, 9.17) is 20.9 Å². The molecule has 0 saturated carbocycles. The molecule has 0 bridgehead atoms. The number of anilines is 1. The number of halogens is 1. The zero-order chi connectivity index (χ0) is 18.9. The van der Waals surface area contributed by atoms with E-state index in [0.29, 0.717) is 27.7 Å². The van der Waals surface area contributed by atoms with Gasteiger partial charge in [-0.2, -0.15) is 0 Å². The molecule has 6 nitrogen and oxygen atoms in total. The molecule has 0 aliphatic rings. The molecule has 2 aromatic carbocycles. The summed E-state index contributed by atoms with van der Waals surface area (Å²) < 4.78 is 38.9. The van der Waals surface area contributed by atoms with Crippen LogP contribution in [-0.2, 0) is 10.0 Å². The monoisotopic (exact) mass is 392 g/mol. The summed E-state index contributed by atoms with van der Waals surface area (Å²) in [5.74, 6) is 0.692. The van der Waals surface area contributed by atoms with Crippen LogP contribution in [-0.4, -0.2) is 20.7 Å². The predicted molar refractivity (Wildman–Crippen MR) is 100 cm³/mol. The van der Waals surface area contributed by atoms with Crippen molar-refractivity contribution in [3.8, 4) is 17.1 Å². The van der Waals surface area contributed by atoms with E-state index in [-0.39, 0.29) is 10.6 Å². The molecular formula is C18H17ClN2O4S. The van der Waals surface area contributed by atoms with Crippen LogP contribution in [0.5, 0.6) is 5.75 Å². The van der Waals surface area contributed by atoms with Crippen molar-refractivity contribution >= 4 is 27.3 Å². The van der Waals surface area contributed by atoms with Gasteiger partial charge in [-0.05, 0) is 49.7 Å². The maximum Gasteiger partial charge on any atom is 0.265 e. The van der Waals surface area contributed by atoms with Gasteiger partial charge in [0.2, 0.25) is 0 Å². The number of rotatable bonds is 5. The number of methoxy groups -OCH3 is 1. The number of nitrogens with one attached hydrogen (secondary N) is 1. The lowest BCUT2D eigenvalue weighted by Gasteiger charge is -2.14. The molecule has 3 rings (SSSR count). The highest BCUT2D eigenvalue weighted by atomic mass is 35.5. The van der Waals surface area contributed by atoms with Gasteiger partial charge in [-0.15, -0.1) is 0 Å². The first-order valence-corrected chi connectivity index (χ1v) is 9.57. The summed E-state index contributed by atoms with van der Waals surface area (Å²) in [5.41, 5.74) is 2.43. The number of nitrogens with zero attached hydrogens (tertiary/aromatic N) is 1. The molecule has 0 radical (unpaired) electrons. The van der Waals surface area contributed by atoms with Gasteiger partial charge < -0.3 is 9.26 Å². The molecule has 0 saturated heterocycles. The smallest absolute Gasteiger partial charge is 0.265 e. The minimum Gasteiger partial charge on any atom is -0.495 e. The summed E-state index contributed by atoms with van der Waals surface area (Å²) in [6.07, 6.45) is 0. The number of ether oxygens (including phenoxy) is 1. The van der Waals surface area contributed by atoms with Crippen LogP contribution in [0.2, 0.25) is 5.02 Å². The van der Waals surface area contributed by atoms with Crippen LogP contribution < -0.4 is 9.46 Å². The molecule has 3 aromatic rings. The minimum absolute atomic E-state index is 0.00840. The molecule has 0 fully saturated rings. The van der Waals surface area contributed by atoms with Crippen LogP contribution in [0.1, 0.15) is 11.3 Å². The zero-order valence-electron chi connectivity index (χ0n) is 14.4. The lowest BCUT2D eigenvalue weighted by molar-refractivity contribution is 0.402. The molecule has 0 aliphatic heterocycles. The van der Waals surface area contributed by atoms with Gasteiger partial charge in [0.15, 0.2) is 5.76 Å². The van der Waals surface area contributed by atoms with Crippen LogP contribution in [0.25, 0.3) is 11.3 Å². The first kappa shape index (κ1) is 18.3. The van der Waals surface area contributed by atoms with Gasteiger partial charge in [0.05, 0.1) is 18.5 Å². The molecule has 8 heteroatoms. The number of aryl methyl sites for hydroxylation is 2. The molecule has 0 unspecified atom stereocenters. The lowest BCUT2D eigenvalue weighted by Crippen LogP contribution is -2.15. The van der Waals surface area contributed by atoms with Gasteiger partial charge in [0, 0.05) is 16.7 Å². The van der Waals surface area contributed by atoms with E-state index in [1.165, 1.54) is 13.2 Å². The van der Waals surface area contributed by atoms with Crippen LogP contribution >= 0.6 is 11.6 Å². The molecule has 0 spiro atoms. The third-order valence-electron chi connectivity index (χ3n) is 3.81. The van der Waals surface area contributed by atoms with E-state index in [0.717, 1.165) is 5.56 Å². The zero-order valence-corrected chi connectivity index (χ0v) is 16.0. The highest BCUT2D eigenvalue weighted by molar-refractivity contribution is 7.92. The Morgan fingerprint density at radius 2 is 1.88 bits per heavy atom. The summed E-state index contributed by atoms with van der Waals surface area (Å²) in [7, 11) is -2.50. The third-order valence-corrected chi connectivity index (χ3v) is 5.43. The number of sulfonamides is 1. The van der Waals surface area contributed by atoms with E-state index in [1.54, 1.807) is 50.2 Å². The Bertz CT molecular complexity index is 1060. The normalized spacial score (nSPS) is 11.4. The summed E-state index contributed by atoms with van der Waals surface area (Å²) in [4.78, 5) is -0.00840. The van der Waals surface area contributed by atoms with Crippen molar-refractivity contribution in [3.63, 3.8) is 0 Å². The molecule has 1 heterocycles. The van der Waals surface area contributed by atoms with Crippen molar-refractivity contribution in [2.24, 2.45) is 0 Å². The van der Waals surface area contributed by atoms with Crippen molar-refractivity contribution in [1.82, 2.24) is 5.16 Å². The maximum atomic E-state index is 13.0. The topological polar surface area (TPSA) is 81.4 Å². The van der Waals surface area contributed by atoms with Crippen molar-refractivity contribution in [2.75, 3.05) is 11.8 Å². The Hall–Kier alpha value is -2.51. The van der Waals surface area contributed by atoms with E-state index in [2.05, 4.69) is 9.88 Å². The lowest BCUT2D eigenvalue weighted by atomic mass is 10.1. The number of hydrogen-bond acceptors (Lipinski definition) is 5. The molecule has 136 valence electrons. The van der Waals surface area contributed by atoms with Gasteiger partial charge >= 0.3 is 0 Å². The highest BCUT2D eigenvalue weighted by Gasteiger charge is 2.22. The standard InChI is InChI=1S/C18H17ClN2O4S/c1-11-4-6-14(19)10-15(11)21-26(22,23)18-9-13(5-7-16(18)24-3)17-8-12(2)20-25-17/h4-10,21H,1-3H3. The quantitative estimate of drug-likeness (QED) is 0.695. The van der Waals surface area contributed by atoms with Crippen molar-refractivity contribution in [3.05, 3.63) is 58.7 Å². The van der Waals surface area contributed by atoms with Gasteiger partial charge in [-0.1, -0.05) is 22.8 Å². The number of aromatic nitrogens is 1. The summed E-state index contributed by atoms with van der Waals surface area (Å²) in [5, 5.41) is 4.27. The highest BCUT2D eigenvalue weighted by Crippen LogP contribution is 2.32. The fourth-order valence-corrected chi connectivity index (χ4v) is 3.93. The van der Waals surface area contributed by atoms with E-state index in [1.807, 2.05) is 0 Å². The Morgan fingerprint density at radius 1 is 1.12 bits per heavy atom. The van der Waals surface area contributed by atoms with Crippen LogP contribution in [0, 0.1) is 13.8 Å². The Labute approximate surface area is 156 Å². The third kappa shape index (κ3) is 3.68. The molecule has 1 N–H and O–H groups in total. The Morgan fingerprint density at radius 3 is 2.54 bits per heavy atom. The van der Waals surface area contributed by atoms with Gasteiger partial charge in [0.25, 0.3) is 10.0 Å². The van der Waals surface area contributed by atoms with Gasteiger partial charge in [-0.3, -0.25) is 4.72 Å². The second kappa shape index (κ2) is 7.01. The molecule has 1 aromatic heterocycles. The molecule has 0 atom stereocenters. The van der Waals surface area contributed by atoms with Gasteiger partial charge in [0.1, 0.15) is 10.6 Å². The largest absolute Gasteiger partial charge is 0.495 e. The van der Waals surface area contributed by atoms with Crippen LogP contribution in [0.3, 0.4) is 0 Å². The van der Waals surface area contributed by atoms with Crippen molar-refractivity contribution in [2.45, 2.75) is 18.7 Å². The molecular weight excluding hydrogens is 376 g/mol. The summed E-state index contributed by atoms with van der Waals surface area (Å²) >= 11 is 5.98. The van der Waals surface area contributed by atoms with Crippen LogP contribution in [0.4, 0.5) is 5.69 Å². The van der Waals surface area contributed by atoms with Crippen LogP contribution in [0.15, 0.2) is 51.9 Å². The van der Waals surface area contributed by atoms with Crippen molar-refractivity contribution < 1.29 is 17.7 Å². The number of benzene rings is 2. The predicted octanol–water partition coefficient (Wildman–Crippen LogP) is 4.42. The maximum absolute atomic E-state index is 13.0. The summed E-state index contributed by atoms with van der Waals surface area (Å²) in [6.45, 7) is 3.58. The molecule has 0 amide bonds. The average Bonchev–Trinajstić information content (AvgIpc) is 3.04. The first-order chi connectivity index (χ1) is 12.3. The average molecular weight is 393 g/mol. The Balaban J connectivity index is 2.06. The van der Waals surface area contributed by atoms with E-state index >= 15 is 0 Å². The molecule has 0 aliphatic carbocycles. The molecule has 26 heavy (non-hydrogen) atoms. The fourth-order valence-electron chi connectivity index (χ4n) is 2.44. The summed E-state index contributed by atoms with van der Waals surface area (Å²) in [6, 6.07) is 11.5. The van der Waals surface area contributed by atoms with E-state index < -0.39 is 10.0 Å². The van der Waals surface area contributed by atoms with Gasteiger partial charge in [-0.25, -0.2) is 8.42 Å². The number of hydrogen-bond donors (Lipinski definition) is 1. The SMILES string of the molecule is COc1ccc(-c2cc(C)no2)cc1S(=O)(=O)Nc1cc(Cl)ccc1C. The van der Waals surface area contributed by atoms with Crippen molar-refractivity contribution in [1.29, 1.82) is 0 Å². The second-order valence-electron chi connectivity index (χ2n) is 5.76.